The molecule has 0 unspecified atom stereocenters. The summed E-state index contributed by atoms with van der Waals surface area (Å²) >= 11 is 1.67. The fraction of sp³-hybridized carbons (Fsp3) is 0.500. The molecule has 1 aromatic carbocycles. The van der Waals surface area contributed by atoms with Crippen molar-refractivity contribution in [3.63, 3.8) is 0 Å². The Labute approximate surface area is 133 Å². The molecule has 2 aliphatic rings. The van der Waals surface area contributed by atoms with Crippen LogP contribution < -0.4 is 0 Å². The molecule has 0 aromatic heterocycles. The van der Waals surface area contributed by atoms with Crippen LogP contribution in [0.4, 0.5) is 0 Å². The number of nitrogens with zero attached hydrogens (tertiary/aromatic N) is 1. The normalized spacial score (nSPS) is 24.6. The minimum Gasteiger partial charge on any atom is -0.481 e. The molecule has 1 N–H and O–H groups in total. The number of carboxylic acids is 1. The highest BCUT2D eigenvalue weighted by atomic mass is 32.2. The monoisotopic (exact) mass is 321 g/mol. The molecule has 0 radical (unpaired) electrons. The molecule has 22 heavy (non-hydrogen) atoms. The first kappa shape index (κ1) is 15.4. The van der Waals surface area contributed by atoms with Crippen molar-refractivity contribution < 1.29 is 19.4 Å². The van der Waals surface area contributed by atoms with Gasteiger partial charge < -0.3 is 14.7 Å². The van der Waals surface area contributed by atoms with Crippen LogP contribution in [0.1, 0.15) is 22.8 Å². The second-order valence-electron chi connectivity index (χ2n) is 5.57. The van der Waals surface area contributed by atoms with Crippen molar-refractivity contribution in [3.8, 4) is 0 Å². The summed E-state index contributed by atoms with van der Waals surface area (Å²) < 4.78 is 5.44. The van der Waals surface area contributed by atoms with Crippen LogP contribution in [0.2, 0.25) is 0 Å². The van der Waals surface area contributed by atoms with E-state index in [2.05, 4.69) is 6.07 Å². The Balaban J connectivity index is 1.73. The van der Waals surface area contributed by atoms with Gasteiger partial charge in [0.2, 0.25) is 5.91 Å². The van der Waals surface area contributed by atoms with Crippen molar-refractivity contribution in [2.24, 2.45) is 0 Å². The number of benzene rings is 1. The third-order valence-corrected chi connectivity index (χ3v) is 5.30. The number of ether oxygens (including phenoxy) is 1. The standard InChI is InChI=1S/C16H19NO4S/c18-14(19)9-12-10-17(6-7-21-12)16(20)15-13-4-2-1-3-11(13)5-8-22-15/h1-4,12,15H,5-10H2,(H,18,19)/t12-,15-/m0/s1. The van der Waals surface area contributed by atoms with Crippen molar-refractivity contribution in [1.82, 2.24) is 4.90 Å². The number of carbonyl (C=O) groups excluding carboxylic acids is 1. The summed E-state index contributed by atoms with van der Waals surface area (Å²) in [5.41, 5.74) is 2.35. The van der Waals surface area contributed by atoms with E-state index in [-0.39, 0.29) is 17.6 Å². The average Bonchev–Trinajstić information content (AvgIpc) is 2.53. The SMILES string of the molecule is O=C(O)C[C@H]1CN(C(=O)[C@H]2SCCc3ccccc32)CCO1. The highest BCUT2D eigenvalue weighted by Gasteiger charge is 2.33. The molecule has 3 rings (SSSR count). The topological polar surface area (TPSA) is 66.8 Å². The van der Waals surface area contributed by atoms with Gasteiger partial charge in [0, 0.05) is 13.1 Å². The lowest BCUT2D eigenvalue weighted by Crippen LogP contribution is -2.47. The first-order chi connectivity index (χ1) is 10.6. The fourth-order valence-electron chi connectivity index (χ4n) is 3.00. The van der Waals surface area contributed by atoms with Crippen molar-refractivity contribution in [1.29, 1.82) is 0 Å². The van der Waals surface area contributed by atoms with Crippen molar-refractivity contribution in [2.45, 2.75) is 24.2 Å². The molecule has 2 heterocycles. The zero-order valence-corrected chi connectivity index (χ0v) is 13.1. The Bertz CT molecular complexity index is 577. The van der Waals surface area contributed by atoms with E-state index in [9.17, 15) is 9.59 Å². The van der Waals surface area contributed by atoms with Gasteiger partial charge in [-0.2, -0.15) is 0 Å². The van der Waals surface area contributed by atoms with Gasteiger partial charge in [0.1, 0.15) is 5.25 Å². The Morgan fingerprint density at radius 2 is 2.18 bits per heavy atom. The van der Waals surface area contributed by atoms with Gasteiger partial charge in [-0.3, -0.25) is 9.59 Å². The van der Waals surface area contributed by atoms with Crippen LogP contribution in [0.3, 0.4) is 0 Å². The van der Waals surface area contributed by atoms with Crippen LogP contribution in [0.25, 0.3) is 0 Å². The highest BCUT2D eigenvalue weighted by molar-refractivity contribution is 8.00. The molecule has 1 amide bonds. The van der Waals surface area contributed by atoms with Crippen LogP contribution in [0.15, 0.2) is 24.3 Å². The van der Waals surface area contributed by atoms with Gasteiger partial charge in [-0.1, -0.05) is 24.3 Å². The van der Waals surface area contributed by atoms with E-state index < -0.39 is 12.1 Å². The van der Waals surface area contributed by atoms with Crippen LogP contribution in [0, 0.1) is 0 Å². The zero-order chi connectivity index (χ0) is 15.5. The molecule has 6 heteroatoms. The molecule has 118 valence electrons. The fourth-order valence-corrected chi connectivity index (χ4v) is 4.28. The number of carboxylic acid groups (broad SMARTS) is 1. The van der Waals surface area contributed by atoms with E-state index in [0.29, 0.717) is 19.7 Å². The van der Waals surface area contributed by atoms with E-state index in [0.717, 1.165) is 17.7 Å². The predicted molar refractivity (Wildman–Crippen MR) is 83.9 cm³/mol. The zero-order valence-electron chi connectivity index (χ0n) is 12.2. The molecular formula is C16H19NO4S. The van der Waals surface area contributed by atoms with Gasteiger partial charge in [-0.25, -0.2) is 0 Å². The number of morpholine rings is 1. The average molecular weight is 321 g/mol. The van der Waals surface area contributed by atoms with E-state index in [1.807, 2.05) is 18.2 Å². The summed E-state index contributed by atoms with van der Waals surface area (Å²) in [6.07, 6.45) is 0.534. The number of hydrogen-bond acceptors (Lipinski definition) is 4. The van der Waals surface area contributed by atoms with Gasteiger partial charge in [0.15, 0.2) is 0 Å². The second kappa shape index (κ2) is 6.71. The maximum absolute atomic E-state index is 12.8. The number of amides is 1. The molecule has 2 aliphatic heterocycles. The smallest absolute Gasteiger partial charge is 0.306 e. The van der Waals surface area contributed by atoms with Crippen LogP contribution in [0.5, 0.6) is 0 Å². The number of carbonyl (C=O) groups is 2. The molecule has 5 nitrogen and oxygen atoms in total. The number of aliphatic carboxylic acids is 1. The summed E-state index contributed by atoms with van der Waals surface area (Å²) in [5, 5.41) is 8.71. The third kappa shape index (κ3) is 3.28. The van der Waals surface area contributed by atoms with E-state index in [1.165, 1.54) is 5.56 Å². The molecule has 0 bridgehead atoms. The molecule has 0 saturated carbocycles. The minimum atomic E-state index is -0.892. The molecule has 1 aromatic rings. The third-order valence-electron chi connectivity index (χ3n) is 4.07. The largest absolute Gasteiger partial charge is 0.481 e. The summed E-state index contributed by atoms with van der Waals surface area (Å²) in [6, 6.07) is 8.09. The first-order valence-corrected chi connectivity index (χ1v) is 8.51. The highest BCUT2D eigenvalue weighted by Crippen LogP contribution is 2.38. The number of hydrogen-bond donors (Lipinski definition) is 1. The number of aryl methyl sites for hydroxylation is 1. The second-order valence-corrected chi connectivity index (χ2v) is 6.79. The van der Waals surface area contributed by atoms with Crippen molar-refractivity contribution in [2.75, 3.05) is 25.4 Å². The van der Waals surface area contributed by atoms with Gasteiger partial charge in [-0.05, 0) is 23.3 Å². The number of thioether (sulfide) groups is 1. The Morgan fingerprint density at radius 3 is 3.00 bits per heavy atom. The molecule has 1 saturated heterocycles. The Hall–Kier alpha value is -1.53. The minimum absolute atomic E-state index is 0.0574. The maximum Gasteiger partial charge on any atom is 0.306 e. The molecular weight excluding hydrogens is 302 g/mol. The summed E-state index contributed by atoms with van der Waals surface area (Å²) in [5.74, 6) is 0.128. The lowest BCUT2D eigenvalue weighted by molar-refractivity contribution is -0.147. The van der Waals surface area contributed by atoms with E-state index in [4.69, 9.17) is 9.84 Å². The summed E-state index contributed by atoms with van der Waals surface area (Å²) in [4.78, 5) is 25.4. The van der Waals surface area contributed by atoms with Crippen molar-refractivity contribution in [3.05, 3.63) is 35.4 Å². The van der Waals surface area contributed by atoms with Crippen molar-refractivity contribution >= 4 is 23.6 Å². The van der Waals surface area contributed by atoms with E-state index in [1.54, 1.807) is 16.7 Å². The van der Waals surface area contributed by atoms with Gasteiger partial charge in [0.25, 0.3) is 0 Å². The molecule has 1 fully saturated rings. The number of rotatable bonds is 3. The Morgan fingerprint density at radius 1 is 1.36 bits per heavy atom. The predicted octanol–water partition coefficient (Wildman–Crippen LogP) is 1.72. The summed E-state index contributed by atoms with van der Waals surface area (Å²) in [6.45, 7) is 1.31. The van der Waals surface area contributed by atoms with Gasteiger partial charge in [0.05, 0.1) is 19.1 Å². The van der Waals surface area contributed by atoms with E-state index >= 15 is 0 Å². The maximum atomic E-state index is 12.8. The van der Waals surface area contributed by atoms with Gasteiger partial charge in [-0.15, -0.1) is 11.8 Å². The van der Waals surface area contributed by atoms with Crippen LogP contribution >= 0.6 is 11.8 Å². The van der Waals surface area contributed by atoms with Crippen LogP contribution in [-0.4, -0.2) is 53.4 Å². The van der Waals surface area contributed by atoms with Gasteiger partial charge >= 0.3 is 5.97 Å². The molecule has 2 atom stereocenters. The lowest BCUT2D eigenvalue weighted by atomic mass is 10.0. The van der Waals surface area contributed by atoms with Crippen LogP contribution in [-0.2, 0) is 20.7 Å². The number of fused-ring (bicyclic) bond motifs is 1. The lowest BCUT2D eigenvalue weighted by Gasteiger charge is -2.35. The molecule has 0 spiro atoms. The molecule has 0 aliphatic carbocycles. The first-order valence-electron chi connectivity index (χ1n) is 7.46. The Kier molecular flexibility index (Phi) is 4.69. The summed E-state index contributed by atoms with van der Waals surface area (Å²) in [7, 11) is 0. The quantitative estimate of drug-likeness (QED) is 0.918.